The molecule has 0 saturated heterocycles. The molecular formula is C17H23O4P. The smallest absolute Gasteiger partial charge is 0.328 e. The molecule has 0 aliphatic carbocycles. The summed E-state index contributed by atoms with van der Waals surface area (Å²) in [6.07, 6.45) is 3.29. The van der Waals surface area contributed by atoms with Crippen molar-refractivity contribution in [3.8, 4) is 5.75 Å². The van der Waals surface area contributed by atoms with Gasteiger partial charge in [0.15, 0.2) is 5.75 Å². The van der Waals surface area contributed by atoms with Gasteiger partial charge in [0.05, 0.1) is 12.8 Å². The zero-order valence-corrected chi connectivity index (χ0v) is 14.1. The van der Waals surface area contributed by atoms with Crippen LogP contribution in [0.4, 0.5) is 0 Å². The molecule has 1 atom stereocenters. The number of hydrogen-bond donors (Lipinski definition) is 0. The Morgan fingerprint density at radius 3 is 2.55 bits per heavy atom. The summed E-state index contributed by atoms with van der Waals surface area (Å²) in [5.41, 5.74) is 0. The number of fused-ring (bicyclic) bond motifs is 1. The van der Waals surface area contributed by atoms with Crippen molar-refractivity contribution < 1.29 is 18.7 Å². The zero-order valence-electron chi connectivity index (χ0n) is 13.2. The molecule has 22 heavy (non-hydrogen) atoms. The summed E-state index contributed by atoms with van der Waals surface area (Å²) in [7, 11) is -3.21. The van der Waals surface area contributed by atoms with Crippen LogP contribution in [0, 0.1) is 0 Å². The van der Waals surface area contributed by atoms with Gasteiger partial charge in [0, 0.05) is 5.39 Å². The molecule has 2 aromatic rings. The summed E-state index contributed by atoms with van der Waals surface area (Å²) < 4.78 is 23.1. The number of benzene rings is 2. The van der Waals surface area contributed by atoms with Gasteiger partial charge in [-0.3, -0.25) is 4.57 Å². The Morgan fingerprint density at radius 2 is 1.77 bits per heavy atom. The van der Waals surface area contributed by atoms with E-state index in [9.17, 15) is 4.57 Å². The van der Waals surface area contributed by atoms with Crippen molar-refractivity contribution in [1.29, 1.82) is 0 Å². The van der Waals surface area contributed by atoms with Gasteiger partial charge < -0.3 is 9.41 Å². The average molecular weight is 322 g/mol. The van der Waals surface area contributed by atoms with Crippen LogP contribution >= 0.6 is 7.60 Å². The fourth-order valence-corrected chi connectivity index (χ4v) is 3.02. The molecule has 1 unspecified atom stereocenters. The minimum Gasteiger partial charge on any atom is -0.328 e. The Balaban J connectivity index is 2.01. The molecule has 2 rings (SSSR count). The maximum atomic E-state index is 12.5. The van der Waals surface area contributed by atoms with E-state index >= 15 is 0 Å². The number of rotatable bonds is 9. The molecule has 0 aromatic heterocycles. The van der Waals surface area contributed by atoms with Gasteiger partial charge in [0.25, 0.3) is 0 Å². The predicted molar refractivity (Wildman–Crippen MR) is 89.3 cm³/mol. The summed E-state index contributed by atoms with van der Waals surface area (Å²) in [6, 6.07) is 13.5. The number of unbranched alkanes of at least 4 members (excludes halogenated alkanes) is 2. The molecule has 0 amide bonds. The number of hydrogen-bond acceptors (Lipinski definition) is 4. The molecule has 0 bridgehead atoms. The molecule has 0 N–H and O–H groups in total. The quantitative estimate of drug-likeness (QED) is 0.262. The lowest BCUT2D eigenvalue weighted by Crippen LogP contribution is -2.03. The van der Waals surface area contributed by atoms with E-state index in [1.54, 1.807) is 13.0 Å². The van der Waals surface area contributed by atoms with Crippen LogP contribution in [0.3, 0.4) is 0 Å². The van der Waals surface area contributed by atoms with Gasteiger partial charge in [-0.05, 0) is 17.9 Å². The van der Waals surface area contributed by atoms with Crippen molar-refractivity contribution in [2.75, 3.05) is 12.8 Å². The third kappa shape index (κ3) is 4.57. The SMILES string of the molecule is CCCCCOP(=O)(CC)OOc1cccc2ccccc12. The van der Waals surface area contributed by atoms with Gasteiger partial charge in [0.2, 0.25) is 0 Å². The van der Waals surface area contributed by atoms with E-state index in [4.69, 9.17) is 14.1 Å². The molecule has 5 heteroatoms. The summed E-state index contributed by atoms with van der Waals surface area (Å²) in [6.45, 7) is 4.31. The van der Waals surface area contributed by atoms with E-state index in [0.717, 1.165) is 30.0 Å². The highest BCUT2D eigenvalue weighted by Gasteiger charge is 2.24. The maximum absolute atomic E-state index is 12.5. The molecule has 0 saturated carbocycles. The van der Waals surface area contributed by atoms with Crippen molar-refractivity contribution in [2.45, 2.75) is 33.1 Å². The predicted octanol–water partition coefficient (Wildman–Crippen LogP) is 5.57. The molecule has 2 aromatic carbocycles. The lowest BCUT2D eigenvalue weighted by Gasteiger charge is -2.16. The minimum atomic E-state index is -3.21. The largest absolute Gasteiger partial charge is 0.368 e. The van der Waals surface area contributed by atoms with Gasteiger partial charge in [-0.15, -0.1) is 0 Å². The van der Waals surface area contributed by atoms with E-state index in [0.29, 0.717) is 12.4 Å². The van der Waals surface area contributed by atoms with E-state index in [2.05, 4.69) is 6.92 Å². The summed E-state index contributed by atoms with van der Waals surface area (Å²) in [5, 5.41) is 1.96. The molecule has 120 valence electrons. The van der Waals surface area contributed by atoms with Crippen molar-refractivity contribution in [3.63, 3.8) is 0 Å². The Bertz CT molecular complexity index is 636. The zero-order chi connectivity index (χ0) is 15.8. The van der Waals surface area contributed by atoms with Gasteiger partial charge in [-0.25, -0.2) is 0 Å². The normalized spacial score (nSPS) is 13.9. The fourth-order valence-electron chi connectivity index (χ4n) is 2.09. The Morgan fingerprint density at radius 1 is 1.00 bits per heavy atom. The van der Waals surface area contributed by atoms with Crippen LogP contribution in [0.2, 0.25) is 0 Å². The molecule has 0 spiro atoms. The lowest BCUT2D eigenvalue weighted by atomic mass is 10.1. The third-order valence-electron chi connectivity index (χ3n) is 3.41. The molecular weight excluding hydrogens is 299 g/mol. The van der Waals surface area contributed by atoms with Crippen molar-refractivity contribution >= 4 is 18.4 Å². The van der Waals surface area contributed by atoms with Crippen LogP contribution in [0.25, 0.3) is 10.8 Å². The van der Waals surface area contributed by atoms with E-state index in [-0.39, 0.29) is 6.16 Å². The van der Waals surface area contributed by atoms with E-state index in [1.807, 2.05) is 36.4 Å². The molecule has 4 nitrogen and oxygen atoms in total. The second kappa shape index (κ2) is 8.33. The van der Waals surface area contributed by atoms with Crippen molar-refractivity contribution in [1.82, 2.24) is 0 Å². The van der Waals surface area contributed by atoms with Crippen molar-refractivity contribution in [3.05, 3.63) is 42.5 Å². The second-order valence-electron chi connectivity index (χ2n) is 5.10. The van der Waals surface area contributed by atoms with Gasteiger partial charge >= 0.3 is 7.60 Å². The Hall–Kier alpha value is -1.35. The topological polar surface area (TPSA) is 44.8 Å². The lowest BCUT2D eigenvalue weighted by molar-refractivity contribution is -0.111. The Kier molecular flexibility index (Phi) is 6.44. The highest BCUT2D eigenvalue weighted by molar-refractivity contribution is 7.53. The molecule has 0 aliphatic rings. The van der Waals surface area contributed by atoms with Crippen LogP contribution in [0.5, 0.6) is 5.75 Å². The van der Waals surface area contributed by atoms with Crippen LogP contribution in [0.1, 0.15) is 33.1 Å². The second-order valence-corrected chi connectivity index (χ2v) is 7.36. The molecule has 0 aliphatic heterocycles. The standard InChI is InChI=1S/C17H23O4P/c1-3-5-8-14-19-22(18,4-2)21-20-17-13-9-11-15-10-6-7-12-16(15)17/h6-7,9-13H,3-5,8,14H2,1-2H3. The molecule has 0 fully saturated rings. The van der Waals surface area contributed by atoms with Crippen LogP contribution in [0.15, 0.2) is 42.5 Å². The maximum Gasteiger partial charge on any atom is 0.368 e. The fraction of sp³-hybridized carbons (Fsp3) is 0.412. The highest BCUT2D eigenvalue weighted by atomic mass is 31.2. The summed E-state index contributed by atoms with van der Waals surface area (Å²) in [5.74, 6) is 0.545. The first-order chi connectivity index (χ1) is 10.7. The summed E-state index contributed by atoms with van der Waals surface area (Å²) in [4.78, 5) is 5.34. The monoisotopic (exact) mass is 322 g/mol. The van der Waals surface area contributed by atoms with Crippen LogP contribution in [-0.2, 0) is 13.8 Å². The van der Waals surface area contributed by atoms with Gasteiger partial charge in [0.1, 0.15) is 0 Å². The highest BCUT2D eigenvalue weighted by Crippen LogP contribution is 2.48. The summed E-state index contributed by atoms with van der Waals surface area (Å²) >= 11 is 0. The van der Waals surface area contributed by atoms with Gasteiger partial charge in [-0.2, -0.15) is 0 Å². The minimum absolute atomic E-state index is 0.282. The first-order valence-corrected chi connectivity index (χ1v) is 9.49. The van der Waals surface area contributed by atoms with Crippen LogP contribution < -0.4 is 4.89 Å². The van der Waals surface area contributed by atoms with E-state index < -0.39 is 7.60 Å². The third-order valence-corrected chi connectivity index (χ3v) is 5.07. The van der Waals surface area contributed by atoms with Crippen molar-refractivity contribution in [2.24, 2.45) is 0 Å². The van der Waals surface area contributed by atoms with Gasteiger partial charge in [-0.1, -0.05) is 67.8 Å². The average Bonchev–Trinajstić information content (AvgIpc) is 2.57. The van der Waals surface area contributed by atoms with Crippen LogP contribution in [-0.4, -0.2) is 12.8 Å². The molecule has 0 heterocycles. The molecule has 0 radical (unpaired) electrons. The first-order valence-electron chi connectivity index (χ1n) is 7.76. The first kappa shape index (κ1) is 17.0. The van der Waals surface area contributed by atoms with E-state index in [1.165, 1.54) is 0 Å². The Labute approximate surface area is 131 Å².